The minimum absolute atomic E-state index is 0.388. The number of hydrogen-bond donors (Lipinski definition) is 2. The van der Waals surface area contributed by atoms with Crippen LogP contribution in [-0.2, 0) is 4.74 Å². The SMILES string of the molecule is COC(=O)c1cccc(Nc2nc(C)cc(Nc3cc(C)cc(C)c3)n2)c1. The molecular formula is C21H22N4O2. The number of aryl methyl sites for hydroxylation is 3. The van der Waals surface area contributed by atoms with Crippen molar-refractivity contribution in [3.05, 3.63) is 70.9 Å². The van der Waals surface area contributed by atoms with Gasteiger partial charge < -0.3 is 15.4 Å². The molecule has 6 heteroatoms. The fraction of sp³-hybridized carbons (Fsp3) is 0.190. The molecule has 0 aliphatic rings. The fourth-order valence-corrected chi connectivity index (χ4v) is 2.85. The van der Waals surface area contributed by atoms with Gasteiger partial charge in [-0.15, -0.1) is 0 Å². The third-order valence-electron chi connectivity index (χ3n) is 3.89. The number of hydrogen-bond acceptors (Lipinski definition) is 6. The van der Waals surface area contributed by atoms with Crippen LogP contribution < -0.4 is 10.6 Å². The van der Waals surface area contributed by atoms with Gasteiger partial charge >= 0.3 is 5.97 Å². The lowest BCUT2D eigenvalue weighted by Crippen LogP contribution is -2.04. The Morgan fingerprint density at radius 1 is 0.889 bits per heavy atom. The van der Waals surface area contributed by atoms with Crippen molar-refractivity contribution in [1.29, 1.82) is 0 Å². The quantitative estimate of drug-likeness (QED) is 0.642. The van der Waals surface area contributed by atoms with E-state index in [0.717, 1.165) is 11.4 Å². The molecular weight excluding hydrogens is 340 g/mol. The second kappa shape index (κ2) is 7.86. The first-order valence-corrected chi connectivity index (χ1v) is 8.59. The predicted molar refractivity (Wildman–Crippen MR) is 107 cm³/mol. The van der Waals surface area contributed by atoms with E-state index in [9.17, 15) is 4.79 Å². The molecule has 27 heavy (non-hydrogen) atoms. The summed E-state index contributed by atoms with van der Waals surface area (Å²) in [6, 6.07) is 15.2. The van der Waals surface area contributed by atoms with Crippen LogP contribution in [0.25, 0.3) is 0 Å². The van der Waals surface area contributed by atoms with Crippen LogP contribution in [-0.4, -0.2) is 23.0 Å². The van der Waals surface area contributed by atoms with Crippen LogP contribution in [0.15, 0.2) is 48.5 Å². The lowest BCUT2D eigenvalue weighted by Gasteiger charge is -2.11. The molecule has 0 radical (unpaired) electrons. The number of carbonyl (C=O) groups is 1. The molecule has 0 spiro atoms. The molecule has 2 N–H and O–H groups in total. The maximum atomic E-state index is 11.7. The number of aromatic nitrogens is 2. The summed E-state index contributed by atoms with van der Waals surface area (Å²) in [4.78, 5) is 20.6. The molecule has 0 aliphatic carbocycles. The maximum Gasteiger partial charge on any atom is 0.337 e. The Hall–Kier alpha value is -3.41. The zero-order valence-electron chi connectivity index (χ0n) is 15.8. The van der Waals surface area contributed by atoms with E-state index in [-0.39, 0.29) is 5.97 Å². The van der Waals surface area contributed by atoms with E-state index in [1.165, 1.54) is 18.2 Å². The van der Waals surface area contributed by atoms with Crippen molar-refractivity contribution in [1.82, 2.24) is 9.97 Å². The van der Waals surface area contributed by atoms with Gasteiger partial charge in [0.1, 0.15) is 5.82 Å². The molecule has 3 aromatic rings. The smallest absolute Gasteiger partial charge is 0.337 e. The molecule has 0 unspecified atom stereocenters. The van der Waals surface area contributed by atoms with Crippen molar-refractivity contribution in [3.8, 4) is 0 Å². The molecule has 1 heterocycles. The number of ether oxygens (including phenoxy) is 1. The Bertz CT molecular complexity index is 965. The summed E-state index contributed by atoms with van der Waals surface area (Å²) in [5.41, 5.74) is 5.33. The van der Waals surface area contributed by atoms with E-state index in [0.29, 0.717) is 23.0 Å². The Morgan fingerprint density at radius 2 is 1.63 bits per heavy atom. The van der Waals surface area contributed by atoms with Gasteiger partial charge in [0.25, 0.3) is 0 Å². The number of nitrogens with one attached hydrogen (secondary N) is 2. The third kappa shape index (κ3) is 4.82. The highest BCUT2D eigenvalue weighted by Gasteiger charge is 2.08. The summed E-state index contributed by atoms with van der Waals surface area (Å²) in [6.45, 7) is 6.03. The van der Waals surface area contributed by atoms with Crippen LogP contribution in [0.2, 0.25) is 0 Å². The zero-order valence-corrected chi connectivity index (χ0v) is 15.8. The zero-order chi connectivity index (χ0) is 19.4. The molecule has 0 bridgehead atoms. The van der Waals surface area contributed by atoms with E-state index in [4.69, 9.17) is 4.74 Å². The molecule has 1 aromatic heterocycles. The first kappa shape index (κ1) is 18.4. The average molecular weight is 362 g/mol. The number of esters is 1. The first-order chi connectivity index (χ1) is 12.9. The topological polar surface area (TPSA) is 76.1 Å². The highest BCUT2D eigenvalue weighted by Crippen LogP contribution is 2.21. The largest absolute Gasteiger partial charge is 0.465 e. The van der Waals surface area contributed by atoms with Crippen LogP contribution in [0.3, 0.4) is 0 Å². The summed E-state index contributed by atoms with van der Waals surface area (Å²) < 4.78 is 4.76. The molecule has 6 nitrogen and oxygen atoms in total. The molecule has 0 amide bonds. The number of carbonyl (C=O) groups excluding carboxylic acids is 1. The number of benzene rings is 2. The van der Waals surface area contributed by atoms with E-state index >= 15 is 0 Å². The van der Waals surface area contributed by atoms with Gasteiger partial charge in [-0.25, -0.2) is 9.78 Å². The number of methoxy groups -OCH3 is 1. The fourth-order valence-electron chi connectivity index (χ4n) is 2.85. The third-order valence-corrected chi connectivity index (χ3v) is 3.89. The first-order valence-electron chi connectivity index (χ1n) is 8.59. The van der Waals surface area contributed by atoms with E-state index in [1.807, 2.05) is 19.1 Å². The Balaban J connectivity index is 1.84. The van der Waals surface area contributed by atoms with Gasteiger partial charge in [0, 0.05) is 23.1 Å². The molecule has 138 valence electrons. The predicted octanol–water partition coefficient (Wildman–Crippen LogP) is 4.68. The molecule has 2 aromatic carbocycles. The average Bonchev–Trinajstić information content (AvgIpc) is 2.59. The minimum atomic E-state index is -0.388. The van der Waals surface area contributed by atoms with Gasteiger partial charge in [-0.3, -0.25) is 0 Å². The van der Waals surface area contributed by atoms with Crippen molar-refractivity contribution >= 4 is 29.1 Å². The Labute approximate surface area is 158 Å². The van der Waals surface area contributed by atoms with E-state index < -0.39 is 0 Å². The van der Waals surface area contributed by atoms with Gasteiger partial charge in [0.05, 0.1) is 12.7 Å². The molecule has 0 aliphatic heterocycles. The maximum absolute atomic E-state index is 11.7. The van der Waals surface area contributed by atoms with Crippen LogP contribution in [0.4, 0.5) is 23.1 Å². The van der Waals surface area contributed by atoms with E-state index in [1.54, 1.807) is 18.2 Å². The highest BCUT2D eigenvalue weighted by molar-refractivity contribution is 5.90. The lowest BCUT2D eigenvalue weighted by atomic mass is 10.1. The molecule has 0 atom stereocenters. The van der Waals surface area contributed by atoms with Crippen LogP contribution in [0, 0.1) is 20.8 Å². The van der Waals surface area contributed by atoms with Crippen LogP contribution in [0.1, 0.15) is 27.2 Å². The van der Waals surface area contributed by atoms with Crippen molar-refractivity contribution in [2.24, 2.45) is 0 Å². The summed E-state index contributed by atoms with van der Waals surface area (Å²) in [5, 5.41) is 6.47. The summed E-state index contributed by atoms with van der Waals surface area (Å²) in [6.07, 6.45) is 0. The van der Waals surface area contributed by atoms with Crippen LogP contribution >= 0.6 is 0 Å². The number of anilines is 4. The normalized spacial score (nSPS) is 10.4. The van der Waals surface area contributed by atoms with Gasteiger partial charge in [-0.05, 0) is 62.2 Å². The minimum Gasteiger partial charge on any atom is -0.465 e. The molecule has 0 fully saturated rings. The van der Waals surface area contributed by atoms with Crippen molar-refractivity contribution in [2.75, 3.05) is 17.7 Å². The van der Waals surface area contributed by atoms with Gasteiger partial charge in [-0.1, -0.05) is 12.1 Å². The molecule has 0 saturated heterocycles. The van der Waals surface area contributed by atoms with Gasteiger partial charge in [0.15, 0.2) is 0 Å². The summed E-state index contributed by atoms with van der Waals surface area (Å²) >= 11 is 0. The van der Waals surface area contributed by atoms with E-state index in [2.05, 4.69) is 52.6 Å². The summed E-state index contributed by atoms with van der Waals surface area (Å²) in [7, 11) is 1.36. The standard InChI is InChI=1S/C21H22N4O2/c1-13-8-14(2)10-18(9-13)23-19-11-15(3)22-21(25-19)24-17-7-5-6-16(12-17)20(26)27-4/h5-12H,1-4H3,(H2,22,23,24,25). The van der Waals surface area contributed by atoms with Crippen molar-refractivity contribution in [2.45, 2.75) is 20.8 Å². The monoisotopic (exact) mass is 362 g/mol. The van der Waals surface area contributed by atoms with Crippen molar-refractivity contribution < 1.29 is 9.53 Å². The van der Waals surface area contributed by atoms with Gasteiger partial charge in [-0.2, -0.15) is 4.98 Å². The van der Waals surface area contributed by atoms with Crippen molar-refractivity contribution in [3.63, 3.8) is 0 Å². The number of nitrogens with zero attached hydrogens (tertiary/aromatic N) is 2. The number of rotatable bonds is 5. The summed E-state index contributed by atoms with van der Waals surface area (Å²) in [5.74, 6) is 0.754. The highest BCUT2D eigenvalue weighted by atomic mass is 16.5. The second-order valence-corrected chi connectivity index (χ2v) is 6.42. The Morgan fingerprint density at radius 3 is 2.33 bits per heavy atom. The molecule has 3 rings (SSSR count). The van der Waals surface area contributed by atoms with Crippen LogP contribution in [0.5, 0.6) is 0 Å². The Kier molecular flexibility index (Phi) is 5.35. The second-order valence-electron chi connectivity index (χ2n) is 6.42. The van der Waals surface area contributed by atoms with Gasteiger partial charge in [0.2, 0.25) is 5.95 Å². The lowest BCUT2D eigenvalue weighted by molar-refractivity contribution is 0.0601. The molecule has 0 saturated carbocycles.